The Hall–Kier alpha value is -1.39. The average molecular weight is 251 g/mol. The Balaban J connectivity index is 2.64. The summed E-state index contributed by atoms with van der Waals surface area (Å²) in [6.07, 6.45) is 0.707. The fourth-order valence-corrected chi connectivity index (χ4v) is 1.80. The Bertz CT molecular complexity index is 379. The maximum absolute atomic E-state index is 11.5. The molecule has 100 valence electrons. The molecule has 0 amide bonds. The van der Waals surface area contributed by atoms with Gasteiger partial charge in [-0.3, -0.25) is 4.79 Å². The van der Waals surface area contributed by atoms with Gasteiger partial charge in [0.1, 0.15) is 6.04 Å². The number of carbonyl (C=O) groups is 1. The van der Waals surface area contributed by atoms with Crippen LogP contribution in [0.5, 0.6) is 0 Å². The molecule has 0 fully saturated rings. The van der Waals surface area contributed by atoms with Crippen LogP contribution < -0.4 is 5.32 Å². The third-order valence-electron chi connectivity index (χ3n) is 2.85. The maximum Gasteiger partial charge on any atom is 0.322 e. The Morgan fingerprint density at radius 1 is 1.28 bits per heavy atom. The minimum absolute atomic E-state index is 0.221. The van der Waals surface area contributed by atoms with E-state index in [1.54, 1.807) is 7.11 Å². The molecule has 1 N–H and O–H groups in total. The second kappa shape index (κ2) is 7.84. The molecule has 18 heavy (non-hydrogen) atoms. The van der Waals surface area contributed by atoms with E-state index >= 15 is 0 Å². The lowest BCUT2D eigenvalue weighted by Gasteiger charge is -2.16. The van der Waals surface area contributed by atoms with Gasteiger partial charge in [-0.1, -0.05) is 31.2 Å². The van der Waals surface area contributed by atoms with Gasteiger partial charge < -0.3 is 14.8 Å². The van der Waals surface area contributed by atoms with E-state index in [0.29, 0.717) is 19.6 Å². The van der Waals surface area contributed by atoms with Crippen molar-refractivity contribution in [1.82, 2.24) is 5.32 Å². The van der Waals surface area contributed by atoms with E-state index in [9.17, 15) is 4.79 Å². The van der Waals surface area contributed by atoms with E-state index in [1.807, 2.05) is 31.2 Å². The average Bonchev–Trinajstić information content (AvgIpc) is 2.41. The number of hydrogen-bond acceptors (Lipinski definition) is 4. The van der Waals surface area contributed by atoms with Crippen LogP contribution >= 0.6 is 0 Å². The van der Waals surface area contributed by atoms with Crippen molar-refractivity contribution < 1.29 is 14.3 Å². The monoisotopic (exact) mass is 251 g/mol. The Morgan fingerprint density at radius 2 is 1.94 bits per heavy atom. The molecule has 0 saturated heterocycles. The number of methoxy groups -OCH3 is 2. The molecule has 1 aromatic rings. The van der Waals surface area contributed by atoms with E-state index in [1.165, 1.54) is 7.11 Å². The standard InChI is InChI=1S/C14H21NO3/c1-4-13(14(16)18-3)15-9-11-7-5-6-8-12(11)10-17-2/h5-8,13,15H,4,9-10H2,1-3H3. The van der Waals surface area contributed by atoms with Crippen LogP contribution in [0.2, 0.25) is 0 Å². The zero-order valence-electron chi connectivity index (χ0n) is 11.2. The highest BCUT2D eigenvalue weighted by atomic mass is 16.5. The second-order valence-electron chi connectivity index (χ2n) is 4.07. The van der Waals surface area contributed by atoms with Gasteiger partial charge in [-0.2, -0.15) is 0 Å². The molecular formula is C14H21NO3. The van der Waals surface area contributed by atoms with Gasteiger partial charge in [0.15, 0.2) is 0 Å². The van der Waals surface area contributed by atoms with Crippen molar-refractivity contribution in [1.29, 1.82) is 0 Å². The van der Waals surface area contributed by atoms with Crippen LogP contribution in [0.1, 0.15) is 24.5 Å². The van der Waals surface area contributed by atoms with Gasteiger partial charge >= 0.3 is 5.97 Å². The van der Waals surface area contributed by atoms with Crippen molar-refractivity contribution in [2.75, 3.05) is 14.2 Å². The molecule has 1 aromatic carbocycles. The zero-order valence-corrected chi connectivity index (χ0v) is 11.2. The maximum atomic E-state index is 11.5. The number of ether oxygens (including phenoxy) is 2. The third kappa shape index (κ3) is 4.13. The zero-order chi connectivity index (χ0) is 13.4. The van der Waals surface area contributed by atoms with E-state index in [-0.39, 0.29) is 12.0 Å². The van der Waals surface area contributed by atoms with Crippen LogP contribution in [0.3, 0.4) is 0 Å². The SMILES string of the molecule is CCC(NCc1ccccc1COC)C(=O)OC. The molecule has 1 unspecified atom stereocenters. The van der Waals surface area contributed by atoms with Gasteiger partial charge in [0.25, 0.3) is 0 Å². The van der Waals surface area contributed by atoms with Crippen molar-refractivity contribution in [3.05, 3.63) is 35.4 Å². The summed E-state index contributed by atoms with van der Waals surface area (Å²) in [4.78, 5) is 11.5. The highest BCUT2D eigenvalue weighted by Crippen LogP contribution is 2.10. The van der Waals surface area contributed by atoms with Gasteiger partial charge in [0.05, 0.1) is 13.7 Å². The summed E-state index contributed by atoms with van der Waals surface area (Å²) in [7, 11) is 3.08. The van der Waals surface area contributed by atoms with E-state index in [4.69, 9.17) is 9.47 Å². The van der Waals surface area contributed by atoms with E-state index in [2.05, 4.69) is 5.32 Å². The Morgan fingerprint density at radius 3 is 2.50 bits per heavy atom. The van der Waals surface area contributed by atoms with Crippen molar-refractivity contribution in [2.45, 2.75) is 32.5 Å². The number of benzene rings is 1. The largest absolute Gasteiger partial charge is 0.468 e. The Labute approximate surface area is 108 Å². The topological polar surface area (TPSA) is 47.6 Å². The number of carbonyl (C=O) groups excluding carboxylic acids is 1. The number of nitrogens with one attached hydrogen (secondary N) is 1. The molecule has 1 atom stereocenters. The first-order valence-electron chi connectivity index (χ1n) is 6.09. The van der Waals surface area contributed by atoms with Gasteiger partial charge in [-0.15, -0.1) is 0 Å². The number of esters is 1. The predicted octanol–water partition coefficient (Wildman–Crippen LogP) is 1.87. The molecule has 0 heterocycles. The normalized spacial score (nSPS) is 12.2. The molecule has 0 aliphatic carbocycles. The van der Waals surface area contributed by atoms with Crippen LogP contribution in [-0.2, 0) is 27.4 Å². The third-order valence-corrected chi connectivity index (χ3v) is 2.85. The van der Waals surface area contributed by atoms with Gasteiger partial charge in [0.2, 0.25) is 0 Å². The van der Waals surface area contributed by atoms with Crippen molar-refractivity contribution >= 4 is 5.97 Å². The molecule has 4 nitrogen and oxygen atoms in total. The van der Waals surface area contributed by atoms with Crippen LogP contribution in [0.25, 0.3) is 0 Å². The molecule has 0 aliphatic rings. The van der Waals surface area contributed by atoms with Crippen molar-refractivity contribution in [3.63, 3.8) is 0 Å². The molecule has 0 bridgehead atoms. The first-order chi connectivity index (χ1) is 8.72. The lowest BCUT2D eigenvalue weighted by Crippen LogP contribution is -2.36. The van der Waals surface area contributed by atoms with Crippen LogP contribution in [0.15, 0.2) is 24.3 Å². The summed E-state index contributed by atoms with van der Waals surface area (Å²) in [6.45, 7) is 3.16. The highest BCUT2D eigenvalue weighted by Gasteiger charge is 2.16. The first-order valence-corrected chi connectivity index (χ1v) is 6.09. The molecule has 0 aliphatic heterocycles. The van der Waals surface area contributed by atoms with E-state index in [0.717, 1.165) is 11.1 Å². The van der Waals surface area contributed by atoms with Crippen molar-refractivity contribution in [2.24, 2.45) is 0 Å². The lowest BCUT2D eigenvalue weighted by molar-refractivity contribution is -0.143. The molecular weight excluding hydrogens is 230 g/mol. The molecule has 0 aromatic heterocycles. The van der Waals surface area contributed by atoms with Crippen LogP contribution in [0.4, 0.5) is 0 Å². The fourth-order valence-electron chi connectivity index (χ4n) is 1.80. The van der Waals surface area contributed by atoms with E-state index < -0.39 is 0 Å². The van der Waals surface area contributed by atoms with Gasteiger partial charge in [0, 0.05) is 13.7 Å². The first kappa shape index (κ1) is 14.7. The minimum atomic E-state index is -0.259. The smallest absolute Gasteiger partial charge is 0.322 e. The summed E-state index contributed by atoms with van der Waals surface area (Å²) < 4.78 is 9.89. The highest BCUT2D eigenvalue weighted by molar-refractivity contribution is 5.75. The van der Waals surface area contributed by atoms with Gasteiger partial charge in [-0.25, -0.2) is 0 Å². The predicted molar refractivity (Wildman–Crippen MR) is 70.1 cm³/mol. The summed E-state index contributed by atoms with van der Waals surface area (Å²) in [6, 6.07) is 7.76. The molecule has 0 radical (unpaired) electrons. The molecule has 1 rings (SSSR count). The number of rotatable bonds is 7. The summed E-state index contributed by atoms with van der Waals surface area (Å²) >= 11 is 0. The number of hydrogen-bond donors (Lipinski definition) is 1. The summed E-state index contributed by atoms with van der Waals surface area (Å²) in [5.74, 6) is -0.221. The summed E-state index contributed by atoms with van der Waals surface area (Å²) in [5, 5.41) is 3.21. The second-order valence-corrected chi connectivity index (χ2v) is 4.07. The van der Waals surface area contributed by atoms with Crippen LogP contribution in [-0.4, -0.2) is 26.2 Å². The summed E-state index contributed by atoms with van der Waals surface area (Å²) in [5.41, 5.74) is 2.27. The van der Waals surface area contributed by atoms with Gasteiger partial charge in [-0.05, 0) is 17.5 Å². The van der Waals surface area contributed by atoms with Crippen molar-refractivity contribution in [3.8, 4) is 0 Å². The quantitative estimate of drug-likeness (QED) is 0.752. The van der Waals surface area contributed by atoms with Crippen LogP contribution in [0, 0.1) is 0 Å². The molecule has 0 saturated carbocycles. The molecule has 0 spiro atoms. The lowest BCUT2D eigenvalue weighted by atomic mass is 10.1. The Kier molecular flexibility index (Phi) is 6.39. The minimum Gasteiger partial charge on any atom is -0.468 e. The molecule has 4 heteroatoms. The fraction of sp³-hybridized carbons (Fsp3) is 0.500.